The van der Waals surface area contributed by atoms with Gasteiger partial charge in [-0.25, -0.2) is 19.1 Å². The van der Waals surface area contributed by atoms with Gasteiger partial charge in [0.05, 0.1) is 0 Å². The number of pyridine rings is 1. The standard InChI is InChI=1S/C12H9F2N3O.ClH/c13-7-3-1-4-8(14)11(7)12(18)17-10-6-2-5-9(15)16-10;/h1-6H,(H3,15,16,17,18);1H. The number of nitrogens with one attached hydrogen (secondary N) is 2. The lowest BCUT2D eigenvalue weighted by Crippen LogP contribution is -3.00. The van der Waals surface area contributed by atoms with Crippen LogP contribution in [0.15, 0.2) is 36.4 Å². The zero-order valence-corrected chi connectivity index (χ0v) is 10.3. The highest BCUT2D eigenvalue weighted by Gasteiger charge is 2.20. The number of amides is 1. The maximum atomic E-state index is 13.3. The molecule has 1 heterocycles. The molecule has 7 heteroatoms. The molecule has 0 radical (unpaired) electrons. The quantitative estimate of drug-likeness (QED) is 0.714. The summed E-state index contributed by atoms with van der Waals surface area (Å²) in [6.07, 6.45) is 0. The zero-order valence-electron chi connectivity index (χ0n) is 9.58. The van der Waals surface area contributed by atoms with E-state index < -0.39 is 23.1 Å². The summed E-state index contributed by atoms with van der Waals surface area (Å²) in [7, 11) is 0. The van der Waals surface area contributed by atoms with Crippen LogP contribution in [-0.4, -0.2) is 5.91 Å². The van der Waals surface area contributed by atoms with E-state index in [9.17, 15) is 13.6 Å². The van der Waals surface area contributed by atoms with Crippen molar-refractivity contribution in [2.24, 2.45) is 0 Å². The van der Waals surface area contributed by atoms with Crippen molar-refractivity contribution < 1.29 is 31.0 Å². The van der Waals surface area contributed by atoms with Crippen LogP contribution in [0.3, 0.4) is 0 Å². The normalized spacial score (nSPS) is 9.58. The third-order valence-electron chi connectivity index (χ3n) is 2.26. The van der Waals surface area contributed by atoms with E-state index in [1.165, 1.54) is 12.1 Å². The van der Waals surface area contributed by atoms with Crippen molar-refractivity contribution in [1.29, 1.82) is 0 Å². The van der Waals surface area contributed by atoms with Gasteiger partial charge in [0.1, 0.15) is 17.2 Å². The minimum absolute atomic E-state index is 0. The van der Waals surface area contributed by atoms with Crippen LogP contribution in [-0.2, 0) is 0 Å². The average molecular weight is 286 g/mol. The van der Waals surface area contributed by atoms with Crippen molar-refractivity contribution in [3.05, 3.63) is 53.6 Å². The van der Waals surface area contributed by atoms with Crippen molar-refractivity contribution in [1.82, 2.24) is 0 Å². The molecule has 0 saturated heterocycles. The van der Waals surface area contributed by atoms with Crippen molar-refractivity contribution >= 4 is 17.5 Å². The molecule has 0 unspecified atom stereocenters. The maximum Gasteiger partial charge on any atom is 0.317 e. The topological polar surface area (TPSA) is 69.3 Å². The Labute approximate surface area is 114 Å². The van der Waals surface area contributed by atoms with E-state index in [1.807, 2.05) is 0 Å². The highest BCUT2D eigenvalue weighted by molar-refractivity contribution is 6.03. The Bertz CT molecular complexity index is 587. The SMILES string of the molecule is Nc1cccc(NC(=O)c2c(F)cccc2F)[nH+]1.[Cl-]. The van der Waals surface area contributed by atoms with Crippen LogP contribution in [0.1, 0.15) is 10.4 Å². The zero-order chi connectivity index (χ0) is 13.1. The number of H-pyrrole nitrogens is 1. The number of aromatic nitrogens is 1. The summed E-state index contributed by atoms with van der Waals surface area (Å²) in [5.41, 5.74) is 4.85. The fourth-order valence-electron chi connectivity index (χ4n) is 1.46. The third kappa shape index (κ3) is 3.38. The maximum absolute atomic E-state index is 13.3. The molecule has 1 aromatic carbocycles. The van der Waals surface area contributed by atoms with E-state index >= 15 is 0 Å². The lowest BCUT2D eigenvalue weighted by molar-refractivity contribution is -0.342. The molecular weight excluding hydrogens is 276 g/mol. The Morgan fingerprint density at radius 1 is 1.11 bits per heavy atom. The number of hydrogen-bond donors (Lipinski definition) is 2. The largest absolute Gasteiger partial charge is 1.00 e. The molecule has 0 atom stereocenters. The second-order valence-corrected chi connectivity index (χ2v) is 3.57. The summed E-state index contributed by atoms with van der Waals surface area (Å²) in [6, 6.07) is 7.92. The second kappa shape index (κ2) is 6.10. The first kappa shape index (κ1) is 14.8. The fraction of sp³-hybridized carbons (Fsp3) is 0. The van der Waals surface area contributed by atoms with Crippen molar-refractivity contribution in [3.8, 4) is 0 Å². The van der Waals surface area contributed by atoms with Crippen LogP contribution >= 0.6 is 0 Å². The number of rotatable bonds is 2. The van der Waals surface area contributed by atoms with Gasteiger partial charge in [0.15, 0.2) is 0 Å². The summed E-state index contributed by atoms with van der Waals surface area (Å²) in [5, 5.41) is 2.33. The van der Waals surface area contributed by atoms with Crippen LogP contribution in [0.25, 0.3) is 0 Å². The van der Waals surface area contributed by atoms with Crippen molar-refractivity contribution in [2.45, 2.75) is 0 Å². The fourth-order valence-corrected chi connectivity index (χ4v) is 1.46. The highest BCUT2D eigenvalue weighted by atomic mass is 35.5. The van der Waals surface area contributed by atoms with Crippen LogP contribution in [0.4, 0.5) is 20.4 Å². The molecule has 4 nitrogen and oxygen atoms in total. The average Bonchev–Trinajstić information content (AvgIpc) is 2.28. The first-order valence-electron chi connectivity index (χ1n) is 5.11. The summed E-state index contributed by atoms with van der Waals surface area (Å²) in [6.45, 7) is 0. The first-order chi connectivity index (χ1) is 8.58. The molecule has 100 valence electrons. The van der Waals surface area contributed by atoms with Crippen LogP contribution in [0, 0.1) is 11.6 Å². The van der Waals surface area contributed by atoms with Gasteiger partial charge in [0.25, 0.3) is 0 Å². The molecule has 0 aliphatic carbocycles. The number of nitrogens with two attached hydrogens (primary N) is 1. The van der Waals surface area contributed by atoms with Crippen LogP contribution in [0.2, 0.25) is 0 Å². The van der Waals surface area contributed by atoms with E-state index in [4.69, 9.17) is 5.73 Å². The number of halogens is 3. The summed E-state index contributed by atoms with van der Waals surface area (Å²) in [4.78, 5) is 14.4. The van der Waals surface area contributed by atoms with Gasteiger partial charge in [-0.3, -0.25) is 4.79 Å². The Morgan fingerprint density at radius 3 is 2.26 bits per heavy atom. The number of aromatic amines is 1. The minimum Gasteiger partial charge on any atom is -1.00 e. The van der Waals surface area contributed by atoms with Gasteiger partial charge in [-0.15, -0.1) is 0 Å². The third-order valence-corrected chi connectivity index (χ3v) is 2.26. The van der Waals surface area contributed by atoms with Crippen molar-refractivity contribution in [3.63, 3.8) is 0 Å². The molecule has 19 heavy (non-hydrogen) atoms. The molecule has 0 saturated carbocycles. The van der Waals surface area contributed by atoms with Crippen molar-refractivity contribution in [2.75, 3.05) is 11.1 Å². The Balaban J connectivity index is 0.00000180. The molecule has 0 bridgehead atoms. The number of benzene rings is 1. The van der Waals surface area contributed by atoms with Gasteiger partial charge < -0.3 is 18.1 Å². The Kier molecular flexibility index (Phi) is 4.77. The number of hydrogen-bond acceptors (Lipinski definition) is 2. The lowest BCUT2D eigenvalue weighted by atomic mass is 10.2. The second-order valence-electron chi connectivity index (χ2n) is 3.57. The monoisotopic (exact) mass is 285 g/mol. The number of carbonyl (C=O) groups excluding carboxylic acids is 1. The lowest BCUT2D eigenvalue weighted by Gasteiger charge is -2.03. The van der Waals surface area contributed by atoms with E-state index in [2.05, 4.69) is 10.3 Å². The Hall–Kier alpha value is -2.21. The van der Waals surface area contributed by atoms with E-state index in [0.29, 0.717) is 5.82 Å². The smallest absolute Gasteiger partial charge is 0.317 e. The predicted molar refractivity (Wildman–Crippen MR) is 61.7 cm³/mol. The van der Waals surface area contributed by atoms with Gasteiger partial charge in [-0.1, -0.05) is 6.07 Å². The van der Waals surface area contributed by atoms with Gasteiger partial charge in [0, 0.05) is 12.1 Å². The molecule has 0 aliphatic heterocycles. The van der Waals surface area contributed by atoms with E-state index in [-0.39, 0.29) is 18.2 Å². The van der Waals surface area contributed by atoms with E-state index in [1.54, 1.807) is 12.1 Å². The number of anilines is 2. The predicted octanol–water partition coefficient (Wildman–Crippen LogP) is -1.38. The molecule has 2 aromatic rings. The van der Waals surface area contributed by atoms with E-state index in [0.717, 1.165) is 12.1 Å². The molecule has 2 rings (SSSR count). The minimum atomic E-state index is -0.920. The van der Waals surface area contributed by atoms with Crippen LogP contribution in [0.5, 0.6) is 0 Å². The molecule has 4 N–H and O–H groups in total. The van der Waals surface area contributed by atoms with Gasteiger partial charge in [-0.05, 0) is 18.2 Å². The van der Waals surface area contributed by atoms with Gasteiger partial charge >= 0.3 is 5.91 Å². The van der Waals surface area contributed by atoms with Gasteiger partial charge in [-0.2, -0.15) is 0 Å². The summed E-state index contributed by atoms with van der Waals surface area (Å²) >= 11 is 0. The van der Waals surface area contributed by atoms with Gasteiger partial charge in [0.2, 0.25) is 11.6 Å². The first-order valence-corrected chi connectivity index (χ1v) is 5.11. The molecule has 0 aliphatic rings. The molecule has 0 fully saturated rings. The molecule has 0 spiro atoms. The summed E-state index contributed by atoms with van der Waals surface area (Å²) < 4.78 is 26.7. The molecular formula is C12H10ClF2N3O. The molecule has 1 aromatic heterocycles. The highest BCUT2D eigenvalue weighted by Crippen LogP contribution is 2.13. The Morgan fingerprint density at radius 2 is 1.68 bits per heavy atom. The molecule has 1 amide bonds. The number of carbonyl (C=O) groups is 1. The summed E-state index contributed by atoms with van der Waals surface area (Å²) in [5.74, 6) is -2.15. The van der Waals surface area contributed by atoms with Crippen LogP contribution < -0.4 is 28.4 Å². The number of nitrogen functional groups attached to an aromatic ring is 1.